The van der Waals surface area contributed by atoms with Gasteiger partial charge in [0.15, 0.2) is 0 Å². The van der Waals surface area contributed by atoms with E-state index in [-0.39, 0.29) is 16.6 Å². The first-order chi connectivity index (χ1) is 36.4. The van der Waals surface area contributed by atoms with Gasteiger partial charge >= 0.3 is 0 Å². The van der Waals surface area contributed by atoms with Gasteiger partial charge < -0.3 is 14.4 Å². The lowest BCUT2D eigenvalue weighted by Crippen LogP contribution is -2.34. The molecule has 4 heteroatoms. The zero-order valence-electron chi connectivity index (χ0n) is 41.6. The van der Waals surface area contributed by atoms with Crippen LogP contribution in [0.2, 0.25) is 0 Å². The lowest BCUT2D eigenvalue weighted by molar-refractivity contribution is 0.350. The van der Waals surface area contributed by atoms with Crippen molar-refractivity contribution in [3.8, 4) is 27.9 Å². The van der Waals surface area contributed by atoms with Crippen LogP contribution in [0.1, 0.15) is 60.1 Å². The number of para-hydroxylation sites is 3. The number of nitrogens with zero attached hydrogens (tertiary/aromatic N) is 3. The number of hydrogen-bond acceptors (Lipinski definition) is 2. The van der Waals surface area contributed by atoms with Gasteiger partial charge in [-0.25, -0.2) is 4.39 Å². The van der Waals surface area contributed by atoms with Crippen molar-refractivity contribution in [3.63, 3.8) is 0 Å². The molecule has 15 rings (SSSR count). The van der Waals surface area contributed by atoms with Crippen LogP contribution in [0.15, 0.2) is 231 Å². The van der Waals surface area contributed by atoms with Crippen LogP contribution in [0.3, 0.4) is 0 Å². The fraction of sp³-hybridized carbons (Fsp3) is 0.143. The molecule has 1 saturated carbocycles. The highest BCUT2D eigenvalue weighted by Crippen LogP contribution is 2.69. The predicted molar refractivity (Wildman–Crippen MR) is 304 cm³/mol. The van der Waals surface area contributed by atoms with Crippen molar-refractivity contribution in [1.82, 2.24) is 4.57 Å². The molecule has 0 saturated heterocycles. The number of aromatic nitrogens is 1. The Balaban J connectivity index is 0.974. The summed E-state index contributed by atoms with van der Waals surface area (Å²) in [4.78, 5) is 5.16. The molecule has 0 bridgehead atoms. The summed E-state index contributed by atoms with van der Waals surface area (Å²) in [5.41, 5.74) is 23.5. The molecule has 356 valence electrons. The van der Waals surface area contributed by atoms with Gasteiger partial charge in [-0.2, -0.15) is 0 Å². The third-order valence-electron chi connectivity index (χ3n) is 17.7. The molecule has 3 atom stereocenters. The largest absolute Gasteiger partial charge is 0.310 e. The summed E-state index contributed by atoms with van der Waals surface area (Å²) in [5.74, 6) is 0.644. The minimum atomic E-state index is -0.242. The van der Waals surface area contributed by atoms with Crippen LogP contribution >= 0.6 is 0 Å². The average Bonchev–Trinajstić information content (AvgIpc) is 4.35. The van der Waals surface area contributed by atoms with E-state index in [2.05, 4.69) is 234 Å². The van der Waals surface area contributed by atoms with E-state index in [1.54, 1.807) is 12.1 Å². The first kappa shape index (κ1) is 43.1. The van der Waals surface area contributed by atoms with Crippen molar-refractivity contribution in [2.45, 2.75) is 50.4 Å². The van der Waals surface area contributed by atoms with Gasteiger partial charge in [0.2, 0.25) is 0 Å². The summed E-state index contributed by atoms with van der Waals surface area (Å²) in [5, 5.41) is 2.34. The van der Waals surface area contributed by atoms with Gasteiger partial charge in [0.05, 0.1) is 22.4 Å². The van der Waals surface area contributed by atoms with E-state index in [0.717, 1.165) is 46.6 Å². The number of benzene rings is 10. The Morgan fingerprint density at radius 2 is 1.01 bits per heavy atom. The van der Waals surface area contributed by atoms with Crippen molar-refractivity contribution in [2.75, 3.05) is 9.80 Å². The molecular weight excluding hydrogens is 902 g/mol. The van der Waals surface area contributed by atoms with Gasteiger partial charge in [-0.15, -0.1) is 0 Å². The summed E-state index contributed by atoms with van der Waals surface area (Å²) in [6.07, 6.45) is 4.47. The molecule has 0 amide bonds. The van der Waals surface area contributed by atoms with Gasteiger partial charge in [-0.05, 0) is 184 Å². The molecule has 11 aromatic rings. The van der Waals surface area contributed by atoms with Crippen LogP contribution in [0.25, 0.3) is 49.7 Å². The number of hydrogen-bond donors (Lipinski definition) is 0. The summed E-state index contributed by atoms with van der Waals surface area (Å²) >= 11 is 0. The number of anilines is 6. The van der Waals surface area contributed by atoms with Crippen LogP contribution in [-0.2, 0) is 23.7 Å². The monoisotopic (exact) mass is 955 g/mol. The van der Waals surface area contributed by atoms with Gasteiger partial charge in [-0.3, -0.25) is 0 Å². The average molecular weight is 956 g/mol. The van der Waals surface area contributed by atoms with Crippen molar-refractivity contribution in [3.05, 3.63) is 270 Å². The third-order valence-corrected chi connectivity index (χ3v) is 17.7. The van der Waals surface area contributed by atoms with E-state index >= 15 is 0 Å². The summed E-state index contributed by atoms with van der Waals surface area (Å²) in [6.45, 7) is 4.82. The number of halogens is 1. The standard InChI is InChI=1S/C70H54FN3/c1-69(2)60-28-14-12-27-58(60)66-59(45-18-6-3-7-19-45)42-55(43-61(66)69)73(52-24-10-5-11-25-52)64-31-17-21-47-41-49-33-32-48-40-46-20-16-30-63(67(46)70(48,49)68(47)64)72(51-22-8-4-9-23-51)54-38-39-57-56-26-13-15-29-62(56)74(65(57)44-54)53-36-34-50(71)35-37-53/h3-31,34-39,42-44,48-49H,32-33,40-41H2,1-2H3. The minimum Gasteiger partial charge on any atom is -0.310 e. The second-order valence-corrected chi connectivity index (χ2v) is 21.7. The van der Waals surface area contributed by atoms with E-state index in [1.807, 2.05) is 12.1 Å². The maximum absolute atomic E-state index is 14.5. The highest BCUT2D eigenvalue weighted by molar-refractivity contribution is 6.10. The zero-order chi connectivity index (χ0) is 49.3. The predicted octanol–water partition coefficient (Wildman–Crippen LogP) is 18.3. The minimum absolute atomic E-state index is 0.205. The molecule has 3 nitrogen and oxygen atoms in total. The summed E-state index contributed by atoms with van der Waals surface area (Å²) in [6, 6.07) is 84.1. The lowest BCUT2D eigenvalue weighted by atomic mass is 9.68. The highest BCUT2D eigenvalue weighted by atomic mass is 19.1. The second-order valence-electron chi connectivity index (χ2n) is 21.7. The molecule has 1 aromatic heterocycles. The van der Waals surface area contributed by atoms with E-state index in [4.69, 9.17) is 0 Å². The SMILES string of the molecule is CC1(C)c2ccccc2-c2c(-c3ccccc3)cc(N(c3ccccc3)c3cccc4c3C35c6c(cccc6N(c6ccccc6)c6ccc7c8ccccc8n(-c8ccc(F)cc8)c7c6)CC3CCC5C4)cc21. The maximum Gasteiger partial charge on any atom is 0.123 e. The fourth-order valence-electron chi connectivity index (χ4n) is 14.8. The molecule has 3 unspecified atom stereocenters. The Kier molecular flexibility index (Phi) is 9.48. The van der Waals surface area contributed by atoms with Crippen molar-refractivity contribution < 1.29 is 4.39 Å². The Hall–Kier alpha value is -8.47. The smallest absolute Gasteiger partial charge is 0.123 e. The van der Waals surface area contributed by atoms with Gasteiger partial charge in [0.25, 0.3) is 0 Å². The molecule has 4 aliphatic rings. The topological polar surface area (TPSA) is 11.4 Å². The Labute approximate surface area is 432 Å². The first-order valence-corrected chi connectivity index (χ1v) is 26.5. The number of rotatable bonds is 8. The second kappa shape index (κ2) is 16.3. The van der Waals surface area contributed by atoms with Gasteiger partial charge in [-0.1, -0.05) is 153 Å². The van der Waals surface area contributed by atoms with Crippen molar-refractivity contribution >= 4 is 55.9 Å². The summed E-state index contributed by atoms with van der Waals surface area (Å²) in [7, 11) is 0. The molecule has 1 fully saturated rings. The van der Waals surface area contributed by atoms with E-state index < -0.39 is 0 Å². The fourth-order valence-corrected chi connectivity index (χ4v) is 14.8. The zero-order valence-corrected chi connectivity index (χ0v) is 41.6. The van der Waals surface area contributed by atoms with E-state index in [9.17, 15) is 4.39 Å². The normalized spacial score (nSPS) is 18.4. The van der Waals surface area contributed by atoms with Gasteiger partial charge in [0.1, 0.15) is 5.82 Å². The van der Waals surface area contributed by atoms with Crippen LogP contribution in [0.5, 0.6) is 0 Å². The molecule has 10 aromatic carbocycles. The molecular formula is C70H54FN3. The Bertz CT molecular complexity index is 4020. The number of fused-ring (bicyclic) bond motifs is 8. The van der Waals surface area contributed by atoms with E-state index in [1.165, 1.54) is 96.3 Å². The maximum atomic E-state index is 14.5. The van der Waals surface area contributed by atoms with Crippen LogP contribution in [0, 0.1) is 17.7 Å². The molecule has 0 aliphatic heterocycles. The third kappa shape index (κ3) is 6.12. The molecule has 1 heterocycles. The van der Waals surface area contributed by atoms with Crippen LogP contribution in [-0.4, -0.2) is 4.57 Å². The Morgan fingerprint density at radius 1 is 0.446 bits per heavy atom. The molecule has 1 spiro atoms. The highest BCUT2D eigenvalue weighted by Gasteiger charge is 2.62. The van der Waals surface area contributed by atoms with Crippen molar-refractivity contribution in [1.29, 1.82) is 0 Å². The van der Waals surface area contributed by atoms with Crippen LogP contribution < -0.4 is 9.80 Å². The van der Waals surface area contributed by atoms with Gasteiger partial charge in [0, 0.05) is 50.0 Å². The molecule has 4 aliphatic carbocycles. The lowest BCUT2D eigenvalue weighted by Gasteiger charge is -2.40. The van der Waals surface area contributed by atoms with Crippen molar-refractivity contribution in [2.24, 2.45) is 11.8 Å². The van der Waals surface area contributed by atoms with Crippen LogP contribution in [0.4, 0.5) is 38.5 Å². The Morgan fingerprint density at radius 3 is 1.68 bits per heavy atom. The molecule has 0 radical (unpaired) electrons. The summed E-state index contributed by atoms with van der Waals surface area (Å²) < 4.78 is 16.8. The van der Waals surface area contributed by atoms with E-state index in [0.29, 0.717) is 11.8 Å². The molecule has 74 heavy (non-hydrogen) atoms. The molecule has 0 N–H and O–H groups in total. The first-order valence-electron chi connectivity index (χ1n) is 26.5. The quantitative estimate of drug-likeness (QED) is 0.150.